The fraction of sp³-hybridized carbons (Fsp3) is 0.217. The molecule has 128 valence electrons. The lowest BCUT2D eigenvalue weighted by atomic mass is 9.75. The van der Waals surface area contributed by atoms with Crippen LogP contribution in [-0.4, -0.2) is 5.78 Å². The summed E-state index contributed by atoms with van der Waals surface area (Å²) >= 11 is 0. The highest BCUT2D eigenvalue weighted by molar-refractivity contribution is 5.99. The van der Waals surface area contributed by atoms with E-state index < -0.39 is 0 Å². The standard InChI is InChI=1S/C23H20N2O/c1-15-19(14-24)22(23-20(25-15)8-5-9-21(23)26)18-12-10-17(11-13-18)16-6-3-2-4-7-16/h2-4,6-7,10-13,22,25H,5,8-9H2,1H3/t22-/m1/s1. The summed E-state index contributed by atoms with van der Waals surface area (Å²) < 4.78 is 0. The molecule has 2 aromatic rings. The quantitative estimate of drug-likeness (QED) is 0.850. The van der Waals surface area contributed by atoms with Gasteiger partial charge in [-0.1, -0.05) is 54.6 Å². The first kappa shape index (κ1) is 16.4. The maximum absolute atomic E-state index is 12.6. The molecule has 0 spiro atoms. The molecule has 4 rings (SSSR count). The lowest BCUT2D eigenvalue weighted by Gasteiger charge is -2.32. The van der Waals surface area contributed by atoms with Gasteiger partial charge in [0.25, 0.3) is 0 Å². The van der Waals surface area contributed by atoms with Crippen molar-refractivity contribution in [1.82, 2.24) is 5.32 Å². The number of benzene rings is 2. The highest BCUT2D eigenvalue weighted by Gasteiger charge is 2.35. The lowest BCUT2D eigenvalue weighted by molar-refractivity contribution is -0.116. The highest BCUT2D eigenvalue weighted by atomic mass is 16.1. The minimum atomic E-state index is -0.256. The van der Waals surface area contributed by atoms with Crippen LogP contribution in [0.2, 0.25) is 0 Å². The third-order valence-corrected chi connectivity index (χ3v) is 5.25. The van der Waals surface area contributed by atoms with Gasteiger partial charge in [0.2, 0.25) is 0 Å². The highest BCUT2D eigenvalue weighted by Crippen LogP contribution is 2.42. The number of nitrogens with one attached hydrogen (secondary N) is 1. The molecule has 1 aliphatic heterocycles. The molecule has 1 N–H and O–H groups in total. The molecule has 0 amide bonds. The Hall–Kier alpha value is -3.12. The predicted molar refractivity (Wildman–Crippen MR) is 102 cm³/mol. The Morgan fingerprint density at radius 2 is 1.69 bits per heavy atom. The maximum atomic E-state index is 12.6. The van der Waals surface area contributed by atoms with Crippen molar-refractivity contribution in [3.63, 3.8) is 0 Å². The minimum Gasteiger partial charge on any atom is -0.361 e. The second-order valence-corrected chi connectivity index (χ2v) is 6.87. The van der Waals surface area contributed by atoms with Gasteiger partial charge in [-0.05, 0) is 36.5 Å². The van der Waals surface area contributed by atoms with E-state index in [0.29, 0.717) is 12.0 Å². The van der Waals surface area contributed by atoms with Crippen LogP contribution in [0.3, 0.4) is 0 Å². The Labute approximate surface area is 153 Å². The van der Waals surface area contributed by atoms with E-state index in [1.54, 1.807) is 0 Å². The zero-order valence-electron chi connectivity index (χ0n) is 14.8. The molecule has 0 unspecified atom stereocenters. The molecule has 1 heterocycles. The predicted octanol–water partition coefficient (Wildman–Crippen LogP) is 4.85. The molecular weight excluding hydrogens is 320 g/mol. The molecule has 3 nitrogen and oxygen atoms in total. The fourth-order valence-corrected chi connectivity index (χ4v) is 3.96. The summed E-state index contributed by atoms with van der Waals surface area (Å²) in [6.45, 7) is 1.92. The molecule has 0 fully saturated rings. The third kappa shape index (κ3) is 2.74. The molecule has 0 bridgehead atoms. The fourth-order valence-electron chi connectivity index (χ4n) is 3.96. The van der Waals surface area contributed by atoms with Crippen LogP contribution >= 0.6 is 0 Å². The number of hydrogen-bond donors (Lipinski definition) is 1. The molecule has 0 saturated carbocycles. The van der Waals surface area contributed by atoms with Crippen molar-refractivity contribution < 1.29 is 4.79 Å². The van der Waals surface area contributed by atoms with Crippen LogP contribution in [0.1, 0.15) is 37.7 Å². The van der Waals surface area contributed by atoms with Gasteiger partial charge < -0.3 is 5.32 Å². The SMILES string of the molecule is CC1=C(C#N)[C@@H](c2ccc(-c3ccccc3)cc2)C2=C(CCCC2=O)N1. The largest absolute Gasteiger partial charge is 0.361 e. The van der Waals surface area contributed by atoms with Gasteiger partial charge in [-0.2, -0.15) is 5.26 Å². The average Bonchev–Trinajstić information content (AvgIpc) is 2.68. The average molecular weight is 340 g/mol. The number of dihydropyridines is 1. The van der Waals surface area contributed by atoms with E-state index >= 15 is 0 Å². The number of ketones is 1. The number of nitriles is 1. The zero-order valence-corrected chi connectivity index (χ0v) is 14.8. The molecule has 3 heteroatoms. The van der Waals surface area contributed by atoms with Crippen LogP contribution in [-0.2, 0) is 4.79 Å². The normalized spacial score (nSPS) is 19.7. The number of Topliss-reactive ketones (excluding diaryl/α,β-unsaturated/α-hetero) is 1. The van der Waals surface area contributed by atoms with Crippen molar-refractivity contribution in [3.8, 4) is 17.2 Å². The Balaban J connectivity index is 1.78. The number of allylic oxidation sites excluding steroid dienone is 4. The summed E-state index contributed by atoms with van der Waals surface area (Å²) in [7, 11) is 0. The molecule has 26 heavy (non-hydrogen) atoms. The first-order chi connectivity index (χ1) is 12.7. The number of carbonyl (C=O) groups is 1. The summed E-state index contributed by atoms with van der Waals surface area (Å²) in [5.74, 6) is -0.0926. The van der Waals surface area contributed by atoms with Crippen LogP contribution in [0.25, 0.3) is 11.1 Å². The Kier molecular flexibility index (Phi) is 4.18. The zero-order chi connectivity index (χ0) is 18.1. The van der Waals surface area contributed by atoms with E-state index in [2.05, 4.69) is 47.8 Å². The number of rotatable bonds is 2. The Bertz CT molecular complexity index is 960. The van der Waals surface area contributed by atoms with Gasteiger partial charge in [-0.25, -0.2) is 0 Å². The third-order valence-electron chi connectivity index (χ3n) is 5.25. The maximum Gasteiger partial charge on any atom is 0.161 e. The van der Waals surface area contributed by atoms with Gasteiger partial charge in [-0.3, -0.25) is 4.79 Å². The number of nitrogens with zero attached hydrogens (tertiary/aromatic N) is 1. The first-order valence-electron chi connectivity index (χ1n) is 8.98. The van der Waals surface area contributed by atoms with Crippen molar-refractivity contribution in [2.24, 2.45) is 0 Å². The van der Waals surface area contributed by atoms with Crippen LogP contribution in [0.5, 0.6) is 0 Å². The van der Waals surface area contributed by atoms with Crippen LogP contribution in [0.4, 0.5) is 0 Å². The smallest absolute Gasteiger partial charge is 0.161 e. The second-order valence-electron chi connectivity index (χ2n) is 6.87. The topological polar surface area (TPSA) is 52.9 Å². The molecule has 0 radical (unpaired) electrons. The van der Waals surface area contributed by atoms with Crippen LogP contribution in [0.15, 0.2) is 77.1 Å². The van der Waals surface area contributed by atoms with Crippen molar-refractivity contribution in [1.29, 1.82) is 5.26 Å². The Morgan fingerprint density at radius 1 is 1.00 bits per heavy atom. The van der Waals surface area contributed by atoms with Crippen molar-refractivity contribution in [2.45, 2.75) is 32.1 Å². The molecule has 2 aromatic carbocycles. The van der Waals surface area contributed by atoms with E-state index in [0.717, 1.165) is 46.5 Å². The van der Waals surface area contributed by atoms with E-state index in [1.807, 2.05) is 25.1 Å². The van der Waals surface area contributed by atoms with Gasteiger partial charge in [-0.15, -0.1) is 0 Å². The number of carbonyl (C=O) groups excluding carboxylic acids is 1. The lowest BCUT2D eigenvalue weighted by Crippen LogP contribution is -2.31. The van der Waals surface area contributed by atoms with Crippen LogP contribution in [0, 0.1) is 11.3 Å². The van der Waals surface area contributed by atoms with Gasteiger partial charge in [0.15, 0.2) is 5.78 Å². The monoisotopic (exact) mass is 340 g/mol. The molecule has 1 aliphatic carbocycles. The van der Waals surface area contributed by atoms with Crippen molar-refractivity contribution >= 4 is 5.78 Å². The summed E-state index contributed by atoms with van der Waals surface area (Å²) in [6.07, 6.45) is 2.31. The second kappa shape index (κ2) is 6.65. The van der Waals surface area contributed by atoms with Crippen molar-refractivity contribution in [2.75, 3.05) is 0 Å². The van der Waals surface area contributed by atoms with Gasteiger partial charge >= 0.3 is 0 Å². The molecule has 2 aliphatic rings. The number of hydrogen-bond acceptors (Lipinski definition) is 3. The van der Waals surface area contributed by atoms with Crippen molar-refractivity contribution in [3.05, 3.63) is 82.7 Å². The van der Waals surface area contributed by atoms with E-state index in [1.165, 1.54) is 0 Å². The summed E-state index contributed by atoms with van der Waals surface area (Å²) in [5, 5.41) is 13.0. The van der Waals surface area contributed by atoms with E-state index in [-0.39, 0.29) is 11.7 Å². The Morgan fingerprint density at radius 3 is 2.38 bits per heavy atom. The molecule has 1 atom stereocenters. The minimum absolute atomic E-state index is 0.163. The molecular formula is C23H20N2O. The van der Waals surface area contributed by atoms with Gasteiger partial charge in [0.05, 0.1) is 17.6 Å². The van der Waals surface area contributed by atoms with Crippen LogP contribution < -0.4 is 5.32 Å². The molecule has 0 saturated heterocycles. The summed E-state index contributed by atoms with van der Waals surface area (Å²) in [4.78, 5) is 12.6. The molecule has 0 aromatic heterocycles. The van der Waals surface area contributed by atoms with Gasteiger partial charge in [0.1, 0.15) is 0 Å². The van der Waals surface area contributed by atoms with E-state index in [4.69, 9.17) is 0 Å². The summed E-state index contributed by atoms with van der Waals surface area (Å²) in [5.41, 5.74) is 6.58. The van der Waals surface area contributed by atoms with Gasteiger partial charge in [0, 0.05) is 23.4 Å². The summed E-state index contributed by atoms with van der Waals surface area (Å²) in [6, 6.07) is 20.8. The first-order valence-corrected chi connectivity index (χ1v) is 8.98. The van der Waals surface area contributed by atoms with E-state index in [9.17, 15) is 10.1 Å².